The first kappa shape index (κ1) is 28.1. The fourth-order valence-corrected chi connectivity index (χ4v) is 3.53. The second kappa shape index (κ2) is 12.6. The van der Waals surface area contributed by atoms with Gasteiger partial charge in [0.2, 0.25) is 12.2 Å². The highest BCUT2D eigenvalue weighted by atomic mass is 79.9. The third kappa shape index (κ3) is 7.50. The van der Waals surface area contributed by atoms with Crippen molar-refractivity contribution in [3.8, 4) is 0 Å². The van der Waals surface area contributed by atoms with Gasteiger partial charge in [-0.1, -0.05) is 51.3 Å². The van der Waals surface area contributed by atoms with Gasteiger partial charge in [-0.3, -0.25) is 20.4 Å². The molecule has 0 heterocycles. The molecule has 0 radical (unpaired) electrons. The molecule has 0 aliphatic carbocycles. The van der Waals surface area contributed by atoms with E-state index in [0.717, 1.165) is 4.47 Å². The number of nitrogens with one attached hydrogen (secondary N) is 2. The molecule has 0 aliphatic heterocycles. The van der Waals surface area contributed by atoms with Crippen LogP contribution in [-0.2, 0) is 19.1 Å². The van der Waals surface area contributed by atoms with Gasteiger partial charge in [-0.15, -0.1) is 0 Å². The topological polar surface area (TPSA) is 148 Å². The van der Waals surface area contributed by atoms with E-state index in [0.29, 0.717) is 11.1 Å². The van der Waals surface area contributed by atoms with E-state index in [2.05, 4.69) is 21.4 Å². The fraction of sp³-hybridized carbons (Fsp3) is 0.148. The number of carboxylic acids is 1. The summed E-state index contributed by atoms with van der Waals surface area (Å²) < 4.78 is 11.1. The maximum Gasteiger partial charge on any atom is 0.349 e. The van der Waals surface area contributed by atoms with Crippen LogP contribution in [0.4, 0.5) is 0 Å². The lowest BCUT2D eigenvalue weighted by atomic mass is 10.1. The molecule has 0 fully saturated rings. The van der Waals surface area contributed by atoms with Crippen molar-refractivity contribution in [2.45, 2.75) is 26.1 Å². The quantitative estimate of drug-likeness (QED) is 0.270. The smallest absolute Gasteiger partial charge is 0.349 e. The van der Waals surface area contributed by atoms with Gasteiger partial charge in [0.15, 0.2) is 0 Å². The molecule has 0 unspecified atom stereocenters. The summed E-state index contributed by atoms with van der Waals surface area (Å²) in [6.07, 6.45) is -4.39. The Morgan fingerprint density at radius 1 is 0.711 bits per heavy atom. The first-order chi connectivity index (χ1) is 18.0. The Balaban J connectivity index is 1.85. The SMILES string of the molecule is Cc1cccc(C(=O)O[C@H](C(=O)O)[C@@H](OC(=O)c2cccc(C)c2)C(=O)NNC(=O)c2ccc(Br)cc2)c1. The lowest BCUT2D eigenvalue weighted by Gasteiger charge is -2.23. The normalized spacial score (nSPS) is 12.0. The molecule has 0 saturated carbocycles. The van der Waals surface area contributed by atoms with Crippen molar-refractivity contribution >= 4 is 45.7 Å². The summed E-state index contributed by atoms with van der Waals surface area (Å²) in [6.45, 7) is 3.45. The van der Waals surface area contributed by atoms with Gasteiger partial charge < -0.3 is 14.6 Å². The highest BCUT2D eigenvalue weighted by Crippen LogP contribution is 2.15. The van der Waals surface area contributed by atoms with Crippen molar-refractivity contribution in [1.29, 1.82) is 0 Å². The molecule has 2 amide bonds. The second-order valence-corrected chi connectivity index (χ2v) is 9.09. The predicted molar refractivity (Wildman–Crippen MR) is 138 cm³/mol. The van der Waals surface area contributed by atoms with E-state index in [4.69, 9.17) is 9.47 Å². The molecule has 3 aromatic rings. The van der Waals surface area contributed by atoms with Crippen LogP contribution in [-0.4, -0.2) is 47.0 Å². The van der Waals surface area contributed by atoms with Crippen molar-refractivity contribution < 1.29 is 38.6 Å². The molecule has 2 atom stereocenters. The number of esters is 2. The summed E-state index contributed by atoms with van der Waals surface area (Å²) >= 11 is 3.25. The average molecular weight is 583 g/mol. The fourth-order valence-electron chi connectivity index (χ4n) is 3.27. The van der Waals surface area contributed by atoms with Gasteiger partial charge in [0, 0.05) is 10.0 Å². The Morgan fingerprint density at radius 2 is 1.21 bits per heavy atom. The van der Waals surface area contributed by atoms with Gasteiger partial charge >= 0.3 is 17.9 Å². The average Bonchev–Trinajstić information content (AvgIpc) is 2.89. The summed E-state index contributed by atoms with van der Waals surface area (Å²) in [6, 6.07) is 18.5. The third-order valence-electron chi connectivity index (χ3n) is 5.16. The Labute approximate surface area is 226 Å². The summed E-state index contributed by atoms with van der Waals surface area (Å²) in [5.74, 6) is -5.79. The number of hydrogen-bond donors (Lipinski definition) is 3. The molecule has 0 spiro atoms. The monoisotopic (exact) mass is 582 g/mol. The standard InChI is InChI=1S/C27H23BrN2O8/c1-15-5-3-7-18(13-15)26(35)37-21(24(32)30-29-23(31)17-9-11-20(28)12-10-17)22(25(33)34)38-27(36)19-8-4-6-16(2)14-19/h3-14,21-22H,1-2H3,(H,29,31)(H,30,32)(H,33,34)/t21-,22+/m1/s1. The van der Waals surface area contributed by atoms with E-state index in [1.807, 2.05) is 5.43 Å². The van der Waals surface area contributed by atoms with Crippen LogP contribution in [0.15, 0.2) is 77.3 Å². The van der Waals surface area contributed by atoms with E-state index in [9.17, 15) is 29.1 Å². The summed E-state index contributed by atoms with van der Waals surface area (Å²) in [4.78, 5) is 63.0. The highest BCUT2D eigenvalue weighted by molar-refractivity contribution is 9.10. The molecule has 10 nitrogen and oxygen atoms in total. The molecule has 196 valence electrons. The van der Waals surface area contributed by atoms with Crippen molar-refractivity contribution in [3.05, 3.63) is 105 Å². The number of halogens is 1. The molecule has 11 heteroatoms. The minimum atomic E-state index is -2.23. The molecule has 38 heavy (non-hydrogen) atoms. The minimum absolute atomic E-state index is 0.0314. The molecule has 0 saturated heterocycles. The lowest BCUT2D eigenvalue weighted by molar-refractivity contribution is -0.159. The van der Waals surface area contributed by atoms with Crippen molar-refractivity contribution in [2.75, 3.05) is 0 Å². The number of carbonyl (C=O) groups is 5. The molecular weight excluding hydrogens is 560 g/mol. The summed E-state index contributed by atoms with van der Waals surface area (Å²) in [5.41, 5.74) is 5.84. The van der Waals surface area contributed by atoms with Crippen molar-refractivity contribution in [1.82, 2.24) is 10.9 Å². The molecule has 3 aromatic carbocycles. The van der Waals surface area contributed by atoms with Gasteiger partial charge in [-0.05, 0) is 62.4 Å². The number of hydrazine groups is 1. The van der Waals surface area contributed by atoms with E-state index in [-0.39, 0.29) is 16.7 Å². The number of amides is 2. The summed E-state index contributed by atoms with van der Waals surface area (Å²) in [5, 5.41) is 9.81. The Morgan fingerprint density at radius 3 is 1.68 bits per heavy atom. The zero-order valence-corrected chi connectivity index (χ0v) is 21.9. The van der Waals surface area contributed by atoms with Crippen LogP contribution in [0.2, 0.25) is 0 Å². The Bertz CT molecular complexity index is 1370. The Kier molecular flexibility index (Phi) is 9.33. The number of aliphatic carboxylic acids is 1. The minimum Gasteiger partial charge on any atom is -0.478 e. The van der Waals surface area contributed by atoms with Crippen molar-refractivity contribution in [2.24, 2.45) is 0 Å². The largest absolute Gasteiger partial charge is 0.478 e. The van der Waals surface area contributed by atoms with E-state index in [1.165, 1.54) is 36.4 Å². The first-order valence-corrected chi connectivity index (χ1v) is 12.0. The maximum atomic E-state index is 13.0. The van der Waals surface area contributed by atoms with Crippen molar-refractivity contribution in [3.63, 3.8) is 0 Å². The second-order valence-electron chi connectivity index (χ2n) is 8.18. The van der Waals surface area contributed by atoms with Crippen LogP contribution in [0, 0.1) is 13.8 Å². The summed E-state index contributed by atoms with van der Waals surface area (Å²) in [7, 11) is 0. The molecule has 0 bridgehead atoms. The number of aryl methyl sites for hydroxylation is 2. The van der Waals surface area contributed by atoms with Crippen LogP contribution in [0.1, 0.15) is 42.2 Å². The van der Waals surface area contributed by atoms with E-state index in [1.54, 1.807) is 50.2 Å². The van der Waals surface area contributed by atoms with Gasteiger partial charge in [0.1, 0.15) is 0 Å². The number of carbonyl (C=O) groups excluding carboxylic acids is 4. The molecule has 3 rings (SSSR count). The first-order valence-electron chi connectivity index (χ1n) is 11.2. The predicted octanol–water partition coefficient (Wildman–Crippen LogP) is 3.36. The molecule has 0 aliphatic rings. The van der Waals surface area contributed by atoms with Crippen LogP contribution >= 0.6 is 15.9 Å². The van der Waals surface area contributed by atoms with Gasteiger partial charge in [0.25, 0.3) is 11.8 Å². The van der Waals surface area contributed by atoms with Gasteiger partial charge in [-0.2, -0.15) is 0 Å². The number of benzene rings is 3. The molecule has 0 aromatic heterocycles. The number of carboxylic acid groups (broad SMARTS) is 1. The third-order valence-corrected chi connectivity index (χ3v) is 5.69. The van der Waals surface area contributed by atoms with Crippen LogP contribution in [0.5, 0.6) is 0 Å². The van der Waals surface area contributed by atoms with Crippen LogP contribution in [0.25, 0.3) is 0 Å². The zero-order valence-electron chi connectivity index (χ0n) is 20.3. The zero-order chi connectivity index (χ0) is 27.8. The number of hydrogen-bond acceptors (Lipinski definition) is 7. The molecular formula is C27H23BrN2O8. The van der Waals surface area contributed by atoms with Gasteiger partial charge in [-0.25, -0.2) is 14.4 Å². The van der Waals surface area contributed by atoms with Crippen LogP contribution in [0.3, 0.4) is 0 Å². The van der Waals surface area contributed by atoms with E-state index < -0.39 is 41.9 Å². The van der Waals surface area contributed by atoms with Gasteiger partial charge in [0.05, 0.1) is 11.1 Å². The number of ether oxygens (including phenoxy) is 2. The number of rotatable bonds is 8. The maximum absolute atomic E-state index is 13.0. The lowest BCUT2D eigenvalue weighted by Crippen LogP contribution is -2.54. The van der Waals surface area contributed by atoms with Crippen LogP contribution < -0.4 is 10.9 Å². The Hall–Kier alpha value is -4.51. The highest BCUT2D eigenvalue weighted by Gasteiger charge is 2.41. The van der Waals surface area contributed by atoms with E-state index >= 15 is 0 Å². The molecule has 3 N–H and O–H groups in total.